The predicted molar refractivity (Wildman–Crippen MR) is 120 cm³/mol. The molecule has 0 radical (unpaired) electrons. The zero-order valence-electron chi connectivity index (χ0n) is 18.5. The average molecular weight is 484 g/mol. The van der Waals surface area contributed by atoms with E-state index < -0.39 is 30.5 Å². The second kappa shape index (κ2) is 10.4. The predicted octanol–water partition coefficient (Wildman–Crippen LogP) is 5.52. The van der Waals surface area contributed by atoms with Crippen molar-refractivity contribution in [1.29, 1.82) is 0 Å². The second-order valence-corrected chi connectivity index (χ2v) is 7.71. The molecule has 0 atom stereocenters. The number of hydrogen-bond donors (Lipinski definition) is 1. The Morgan fingerprint density at radius 3 is 2.63 bits per heavy atom. The summed E-state index contributed by atoms with van der Waals surface area (Å²) in [5.74, 6) is -1.04. The van der Waals surface area contributed by atoms with Gasteiger partial charge in [0.05, 0.1) is 11.9 Å². The van der Waals surface area contributed by atoms with Gasteiger partial charge in [0.15, 0.2) is 0 Å². The van der Waals surface area contributed by atoms with Gasteiger partial charge < -0.3 is 10.1 Å². The van der Waals surface area contributed by atoms with Gasteiger partial charge in [0, 0.05) is 47.8 Å². The van der Waals surface area contributed by atoms with E-state index in [1.165, 1.54) is 18.6 Å². The van der Waals surface area contributed by atoms with Crippen LogP contribution in [0.3, 0.4) is 0 Å². The van der Waals surface area contributed by atoms with Crippen molar-refractivity contribution in [3.8, 4) is 22.8 Å². The van der Waals surface area contributed by atoms with Gasteiger partial charge in [0.1, 0.15) is 29.7 Å². The molecule has 2 aromatic carbocycles. The van der Waals surface area contributed by atoms with E-state index in [9.17, 15) is 22.4 Å². The van der Waals surface area contributed by atoms with E-state index in [-0.39, 0.29) is 6.54 Å². The zero-order valence-corrected chi connectivity index (χ0v) is 18.5. The molecule has 0 saturated heterocycles. The first kappa shape index (κ1) is 23.9. The number of alkyl halides is 2. The molecule has 35 heavy (non-hydrogen) atoms. The summed E-state index contributed by atoms with van der Waals surface area (Å²) in [5, 5.41) is 6.56. The molecule has 0 spiro atoms. The van der Waals surface area contributed by atoms with Crippen LogP contribution in [0.5, 0.6) is 11.5 Å². The third-order valence-corrected chi connectivity index (χ3v) is 5.12. The van der Waals surface area contributed by atoms with Crippen molar-refractivity contribution in [1.82, 2.24) is 20.1 Å². The van der Waals surface area contributed by atoms with Gasteiger partial charge in [-0.1, -0.05) is 6.07 Å². The van der Waals surface area contributed by atoms with Gasteiger partial charge in [0.2, 0.25) is 0 Å². The highest BCUT2D eigenvalue weighted by molar-refractivity contribution is 5.96. The molecule has 10 heteroatoms. The Morgan fingerprint density at radius 2 is 1.89 bits per heavy atom. The summed E-state index contributed by atoms with van der Waals surface area (Å²) >= 11 is 0. The standard InChI is InChI=1S/C25H20F4N4O2/c1-15-21(25(34)31-11-16-7-18(26)9-19(27)8-16)3-2-4-23(15)35-20-5-6-30-22(10-20)17-12-32-33(13-17)14-24(28)29/h2-10,12-13,24H,11,14H2,1H3,(H,31,34). The zero-order chi connectivity index (χ0) is 24.9. The van der Waals surface area contributed by atoms with Crippen molar-refractivity contribution < 1.29 is 27.1 Å². The van der Waals surface area contributed by atoms with Gasteiger partial charge >= 0.3 is 0 Å². The third kappa shape index (κ3) is 6.03. The first-order valence-corrected chi connectivity index (χ1v) is 10.6. The topological polar surface area (TPSA) is 69.0 Å². The maximum atomic E-state index is 13.4. The van der Waals surface area contributed by atoms with Gasteiger partial charge in [-0.2, -0.15) is 5.10 Å². The number of carbonyl (C=O) groups excluding carboxylic acids is 1. The van der Waals surface area contributed by atoms with Gasteiger partial charge in [-0.15, -0.1) is 0 Å². The number of halogens is 4. The van der Waals surface area contributed by atoms with Crippen LogP contribution in [0.25, 0.3) is 11.3 Å². The number of carbonyl (C=O) groups is 1. The molecule has 6 nitrogen and oxygen atoms in total. The van der Waals surface area contributed by atoms with Crippen LogP contribution < -0.4 is 10.1 Å². The van der Waals surface area contributed by atoms with Crippen LogP contribution >= 0.6 is 0 Å². The van der Waals surface area contributed by atoms with Crippen LogP contribution in [0.4, 0.5) is 17.6 Å². The number of nitrogens with one attached hydrogen (secondary N) is 1. The van der Waals surface area contributed by atoms with Crippen LogP contribution in [-0.2, 0) is 13.1 Å². The molecular formula is C25H20F4N4O2. The molecule has 0 unspecified atom stereocenters. The smallest absolute Gasteiger partial charge is 0.257 e. The lowest BCUT2D eigenvalue weighted by Crippen LogP contribution is -2.23. The molecular weight excluding hydrogens is 464 g/mol. The van der Waals surface area contributed by atoms with Crippen LogP contribution in [0.1, 0.15) is 21.5 Å². The van der Waals surface area contributed by atoms with Crippen molar-refractivity contribution in [3.05, 3.63) is 95.4 Å². The molecule has 4 aromatic rings. The molecule has 180 valence electrons. The summed E-state index contributed by atoms with van der Waals surface area (Å²) in [6.45, 7) is 1.14. The second-order valence-electron chi connectivity index (χ2n) is 7.71. The Bertz CT molecular complexity index is 1340. The first-order valence-electron chi connectivity index (χ1n) is 10.6. The number of amides is 1. The van der Waals surface area contributed by atoms with Crippen molar-refractivity contribution in [2.75, 3.05) is 0 Å². The van der Waals surface area contributed by atoms with Crippen molar-refractivity contribution in [2.24, 2.45) is 0 Å². The minimum absolute atomic E-state index is 0.0506. The molecule has 1 N–H and O–H groups in total. The van der Waals surface area contributed by atoms with E-state index in [4.69, 9.17) is 4.74 Å². The Balaban J connectivity index is 1.48. The maximum Gasteiger partial charge on any atom is 0.257 e. The molecule has 0 aliphatic carbocycles. The van der Waals surface area contributed by atoms with Crippen LogP contribution in [0, 0.1) is 18.6 Å². The van der Waals surface area contributed by atoms with E-state index in [1.54, 1.807) is 37.3 Å². The minimum atomic E-state index is -2.52. The lowest BCUT2D eigenvalue weighted by Gasteiger charge is -2.13. The normalized spacial score (nSPS) is 11.0. The van der Waals surface area contributed by atoms with Crippen LogP contribution in [-0.4, -0.2) is 27.1 Å². The van der Waals surface area contributed by atoms with E-state index in [0.29, 0.717) is 39.4 Å². The molecule has 0 aliphatic heterocycles. The summed E-state index contributed by atoms with van der Waals surface area (Å²) in [7, 11) is 0. The summed E-state index contributed by atoms with van der Waals surface area (Å²) in [6, 6.07) is 11.3. The molecule has 0 aliphatic rings. The van der Waals surface area contributed by atoms with E-state index in [2.05, 4.69) is 15.4 Å². The van der Waals surface area contributed by atoms with Crippen molar-refractivity contribution in [3.63, 3.8) is 0 Å². The van der Waals surface area contributed by atoms with Crippen LogP contribution in [0.2, 0.25) is 0 Å². The molecule has 2 aromatic heterocycles. The minimum Gasteiger partial charge on any atom is -0.457 e. The number of ether oxygens (including phenoxy) is 1. The van der Waals surface area contributed by atoms with Gasteiger partial charge in [-0.25, -0.2) is 17.6 Å². The molecule has 0 fully saturated rings. The fourth-order valence-corrected chi connectivity index (χ4v) is 3.46. The Kier molecular flexibility index (Phi) is 7.09. The lowest BCUT2D eigenvalue weighted by molar-refractivity contribution is 0.0949. The van der Waals surface area contributed by atoms with Crippen LogP contribution in [0.15, 0.2) is 67.1 Å². The lowest BCUT2D eigenvalue weighted by atomic mass is 10.1. The maximum absolute atomic E-state index is 13.4. The highest BCUT2D eigenvalue weighted by Crippen LogP contribution is 2.29. The fraction of sp³-hybridized carbons (Fsp3) is 0.160. The summed E-state index contributed by atoms with van der Waals surface area (Å²) in [6.07, 6.45) is 1.90. The number of rotatable bonds is 8. The molecule has 2 heterocycles. The number of benzene rings is 2. The molecule has 1 amide bonds. The monoisotopic (exact) mass is 484 g/mol. The quantitative estimate of drug-likeness (QED) is 0.335. The van der Waals surface area contributed by atoms with E-state index >= 15 is 0 Å². The molecule has 0 bridgehead atoms. The highest BCUT2D eigenvalue weighted by atomic mass is 19.3. The Hall–Kier alpha value is -4.21. The Labute approximate surface area is 198 Å². The Morgan fingerprint density at radius 1 is 1.11 bits per heavy atom. The van der Waals surface area contributed by atoms with Gasteiger partial charge in [-0.3, -0.25) is 14.5 Å². The van der Waals surface area contributed by atoms with E-state index in [0.717, 1.165) is 22.9 Å². The SMILES string of the molecule is Cc1c(Oc2ccnc(-c3cnn(CC(F)F)c3)c2)cccc1C(=O)NCc1cc(F)cc(F)c1. The number of aromatic nitrogens is 3. The number of pyridine rings is 1. The fourth-order valence-electron chi connectivity index (χ4n) is 3.46. The van der Waals surface area contributed by atoms with Crippen molar-refractivity contribution >= 4 is 5.91 Å². The van der Waals surface area contributed by atoms with Gasteiger partial charge in [-0.05, 0) is 42.8 Å². The summed E-state index contributed by atoms with van der Waals surface area (Å²) in [5.41, 5.74) is 2.22. The number of hydrogen-bond acceptors (Lipinski definition) is 4. The first-order chi connectivity index (χ1) is 16.8. The number of nitrogens with zero attached hydrogens (tertiary/aromatic N) is 3. The highest BCUT2D eigenvalue weighted by Gasteiger charge is 2.14. The third-order valence-electron chi connectivity index (χ3n) is 5.12. The molecule has 0 saturated carbocycles. The summed E-state index contributed by atoms with van der Waals surface area (Å²) in [4.78, 5) is 16.9. The average Bonchev–Trinajstić information content (AvgIpc) is 3.26. The van der Waals surface area contributed by atoms with Gasteiger partial charge in [0.25, 0.3) is 12.3 Å². The largest absolute Gasteiger partial charge is 0.457 e. The summed E-state index contributed by atoms with van der Waals surface area (Å²) < 4.78 is 59.0. The molecule has 4 rings (SSSR count). The van der Waals surface area contributed by atoms with E-state index in [1.807, 2.05) is 0 Å². The van der Waals surface area contributed by atoms with Crippen molar-refractivity contribution in [2.45, 2.75) is 26.4 Å².